The zero-order chi connectivity index (χ0) is 12.9. The lowest BCUT2D eigenvalue weighted by atomic mass is 10.0. The molecule has 1 saturated heterocycles. The highest BCUT2D eigenvalue weighted by molar-refractivity contribution is 5.78. The van der Waals surface area contributed by atoms with E-state index in [1.807, 2.05) is 27.8 Å². The third-order valence-electron chi connectivity index (χ3n) is 3.05. The molecule has 4 nitrogen and oxygen atoms in total. The summed E-state index contributed by atoms with van der Waals surface area (Å²) < 4.78 is 0. The number of piperidine rings is 1. The van der Waals surface area contributed by atoms with E-state index in [9.17, 15) is 4.79 Å². The van der Waals surface area contributed by atoms with Crippen molar-refractivity contribution in [1.29, 1.82) is 0 Å². The van der Waals surface area contributed by atoms with Crippen LogP contribution in [0.3, 0.4) is 0 Å². The minimum Gasteiger partial charge on any atom is -0.350 e. The van der Waals surface area contributed by atoms with Crippen LogP contribution in [0.1, 0.15) is 40.0 Å². The van der Waals surface area contributed by atoms with Crippen molar-refractivity contribution in [2.24, 2.45) is 0 Å². The lowest BCUT2D eigenvalue weighted by molar-refractivity contribution is -0.124. The van der Waals surface area contributed by atoms with E-state index < -0.39 is 0 Å². The van der Waals surface area contributed by atoms with Crippen molar-refractivity contribution in [2.75, 3.05) is 26.7 Å². The first-order chi connectivity index (χ1) is 7.92. The standard InChI is InChI=1S/C13H27N3O/c1-13(2,3)15-12(17)10-16-8-6-5-7-11(16)9-14-4/h11,14H,5-10H2,1-4H3,(H,15,17). The van der Waals surface area contributed by atoms with E-state index in [-0.39, 0.29) is 11.4 Å². The van der Waals surface area contributed by atoms with Crippen LogP contribution in [0.15, 0.2) is 0 Å². The highest BCUT2D eigenvalue weighted by Gasteiger charge is 2.24. The van der Waals surface area contributed by atoms with Gasteiger partial charge in [0.2, 0.25) is 5.91 Å². The van der Waals surface area contributed by atoms with Gasteiger partial charge in [0, 0.05) is 18.1 Å². The Labute approximate surface area is 105 Å². The van der Waals surface area contributed by atoms with Gasteiger partial charge in [-0.15, -0.1) is 0 Å². The van der Waals surface area contributed by atoms with Gasteiger partial charge in [0.05, 0.1) is 6.54 Å². The minimum atomic E-state index is -0.134. The number of amides is 1. The molecule has 1 aliphatic rings. The van der Waals surface area contributed by atoms with Crippen molar-refractivity contribution in [3.05, 3.63) is 0 Å². The lowest BCUT2D eigenvalue weighted by Gasteiger charge is -2.35. The third kappa shape index (κ3) is 5.50. The summed E-state index contributed by atoms with van der Waals surface area (Å²) in [6, 6.07) is 0.513. The molecule has 0 aliphatic carbocycles. The molecule has 1 fully saturated rings. The van der Waals surface area contributed by atoms with Crippen molar-refractivity contribution < 1.29 is 4.79 Å². The van der Waals surface area contributed by atoms with Crippen LogP contribution in [0.25, 0.3) is 0 Å². The molecule has 0 aromatic carbocycles. The van der Waals surface area contributed by atoms with E-state index >= 15 is 0 Å². The number of hydrogen-bond acceptors (Lipinski definition) is 3. The predicted octanol–water partition coefficient (Wildman–Crippen LogP) is 0.975. The Morgan fingerprint density at radius 1 is 1.35 bits per heavy atom. The monoisotopic (exact) mass is 241 g/mol. The molecule has 17 heavy (non-hydrogen) atoms. The topological polar surface area (TPSA) is 44.4 Å². The minimum absolute atomic E-state index is 0.134. The van der Waals surface area contributed by atoms with Gasteiger partial charge < -0.3 is 10.6 Å². The summed E-state index contributed by atoms with van der Waals surface area (Å²) in [5, 5.41) is 6.24. The second-order valence-electron chi connectivity index (χ2n) is 5.98. The normalized spacial score (nSPS) is 22.5. The molecule has 0 spiro atoms. The van der Waals surface area contributed by atoms with Crippen LogP contribution in [-0.4, -0.2) is 49.1 Å². The van der Waals surface area contributed by atoms with Crippen LogP contribution in [0.4, 0.5) is 0 Å². The fraction of sp³-hybridized carbons (Fsp3) is 0.923. The first kappa shape index (κ1) is 14.5. The lowest BCUT2D eigenvalue weighted by Crippen LogP contribution is -2.51. The Kier molecular flexibility index (Phi) is 5.40. The summed E-state index contributed by atoms with van der Waals surface area (Å²) in [5.41, 5.74) is -0.134. The molecule has 0 aromatic rings. The van der Waals surface area contributed by atoms with Gasteiger partial charge in [0.25, 0.3) is 0 Å². The molecular formula is C13H27N3O. The van der Waals surface area contributed by atoms with Gasteiger partial charge in [0.15, 0.2) is 0 Å². The quantitative estimate of drug-likeness (QED) is 0.771. The van der Waals surface area contributed by atoms with Gasteiger partial charge >= 0.3 is 0 Å². The van der Waals surface area contributed by atoms with E-state index in [4.69, 9.17) is 0 Å². The summed E-state index contributed by atoms with van der Waals surface area (Å²) in [6.07, 6.45) is 3.69. The molecule has 1 aliphatic heterocycles. The van der Waals surface area contributed by atoms with Crippen molar-refractivity contribution in [1.82, 2.24) is 15.5 Å². The molecule has 1 heterocycles. The third-order valence-corrected chi connectivity index (χ3v) is 3.05. The molecule has 1 amide bonds. The fourth-order valence-electron chi connectivity index (χ4n) is 2.38. The summed E-state index contributed by atoms with van der Waals surface area (Å²) in [4.78, 5) is 14.2. The zero-order valence-corrected chi connectivity index (χ0v) is 11.7. The molecular weight excluding hydrogens is 214 g/mol. The number of likely N-dealkylation sites (N-methyl/N-ethyl adjacent to an activating group) is 1. The Balaban J connectivity index is 2.44. The van der Waals surface area contributed by atoms with Gasteiger partial charge in [-0.3, -0.25) is 9.69 Å². The maximum Gasteiger partial charge on any atom is 0.234 e. The molecule has 0 aromatic heterocycles. The average molecular weight is 241 g/mol. The number of carbonyl (C=O) groups excluding carboxylic acids is 1. The Bertz CT molecular complexity index is 246. The first-order valence-corrected chi connectivity index (χ1v) is 6.62. The SMILES string of the molecule is CNCC1CCCCN1CC(=O)NC(C)(C)C. The van der Waals surface area contributed by atoms with Gasteiger partial charge in [-0.25, -0.2) is 0 Å². The number of hydrogen-bond donors (Lipinski definition) is 2. The molecule has 4 heteroatoms. The molecule has 1 atom stereocenters. The molecule has 100 valence electrons. The summed E-state index contributed by atoms with van der Waals surface area (Å²) in [6.45, 7) is 8.61. The van der Waals surface area contributed by atoms with Gasteiger partial charge in [-0.2, -0.15) is 0 Å². The first-order valence-electron chi connectivity index (χ1n) is 6.62. The number of nitrogens with one attached hydrogen (secondary N) is 2. The average Bonchev–Trinajstić information content (AvgIpc) is 2.18. The van der Waals surface area contributed by atoms with Gasteiger partial charge in [-0.05, 0) is 47.2 Å². The van der Waals surface area contributed by atoms with Gasteiger partial charge in [0.1, 0.15) is 0 Å². The molecule has 0 bridgehead atoms. The highest BCUT2D eigenvalue weighted by Crippen LogP contribution is 2.16. The largest absolute Gasteiger partial charge is 0.350 e. The van der Waals surface area contributed by atoms with Crippen LogP contribution in [-0.2, 0) is 4.79 Å². The van der Waals surface area contributed by atoms with Crippen LogP contribution in [0, 0.1) is 0 Å². The van der Waals surface area contributed by atoms with Crippen molar-refractivity contribution in [3.8, 4) is 0 Å². The van der Waals surface area contributed by atoms with Crippen LogP contribution >= 0.6 is 0 Å². The van der Waals surface area contributed by atoms with E-state index in [1.165, 1.54) is 19.3 Å². The van der Waals surface area contributed by atoms with Crippen molar-refractivity contribution in [2.45, 2.75) is 51.6 Å². The zero-order valence-electron chi connectivity index (χ0n) is 11.7. The predicted molar refractivity (Wildman–Crippen MR) is 71.0 cm³/mol. The molecule has 1 unspecified atom stereocenters. The van der Waals surface area contributed by atoms with E-state index in [1.54, 1.807) is 0 Å². The maximum atomic E-state index is 11.9. The second kappa shape index (κ2) is 6.36. The van der Waals surface area contributed by atoms with E-state index in [2.05, 4.69) is 15.5 Å². The number of nitrogens with zero attached hydrogens (tertiary/aromatic N) is 1. The molecule has 2 N–H and O–H groups in total. The van der Waals surface area contributed by atoms with Crippen molar-refractivity contribution >= 4 is 5.91 Å². The summed E-state index contributed by atoms with van der Waals surface area (Å²) in [7, 11) is 1.97. The fourth-order valence-corrected chi connectivity index (χ4v) is 2.38. The number of rotatable bonds is 4. The van der Waals surface area contributed by atoms with Crippen molar-refractivity contribution in [3.63, 3.8) is 0 Å². The molecule has 0 saturated carbocycles. The second-order valence-corrected chi connectivity index (χ2v) is 5.98. The van der Waals surface area contributed by atoms with Crippen LogP contribution in [0.2, 0.25) is 0 Å². The summed E-state index contributed by atoms with van der Waals surface area (Å²) in [5.74, 6) is 0.139. The Hall–Kier alpha value is -0.610. The van der Waals surface area contributed by atoms with E-state index in [0.717, 1.165) is 13.1 Å². The number of likely N-dealkylation sites (tertiary alicyclic amines) is 1. The van der Waals surface area contributed by atoms with Gasteiger partial charge in [-0.1, -0.05) is 6.42 Å². The van der Waals surface area contributed by atoms with E-state index in [0.29, 0.717) is 12.6 Å². The Morgan fingerprint density at radius 3 is 2.65 bits per heavy atom. The number of carbonyl (C=O) groups is 1. The molecule has 1 rings (SSSR count). The smallest absolute Gasteiger partial charge is 0.234 e. The van der Waals surface area contributed by atoms with Crippen LogP contribution < -0.4 is 10.6 Å². The highest BCUT2D eigenvalue weighted by atomic mass is 16.2. The van der Waals surface area contributed by atoms with Crippen LogP contribution in [0.5, 0.6) is 0 Å². The Morgan fingerprint density at radius 2 is 2.06 bits per heavy atom. The molecule has 0 radical (unpaired) electrons. The maximum absolute atomic E-state index is 11.9. The summed E-state index contributed by atoms with van der Waals surface area (Å²) >= 11 is 0.